The summed E-state index contributed by atoms with van der Waals surface area (Å²) in [5.74, 6) is 1.59. The van der Waals surface area contributed by atoms with Crippen LogP contribution in [-0.4, -0.2) is 15.9 Å². The van der Waals surface area contributed by atoms with Gasteiger partial charge in [0.15, 0.2) is 0 Å². The molecule has 0 unspecified atom stereocenters. The molecule has 0 radical (unpaired) electrons. The van der Waals surface area contributed by atoms with Gasteiger partial charge in [-0.15, -0.1) is 0 Å². The van der Waals surface area contributed by atoms with E-state index >= 15 is 0 Å². The summed E-state index contributed by atoms with van der Waals surface area (Å²) in [5.41, 5.74) is 11.1. The first kappa shape index (κ1) is 12.8. The van der Waals surface area contributed by atoms with Gasteiger partial charge in [-0.3, -0.25) is 4.79 Å². The zero-order valence-electron chi connectivity index (χ0n) is 10.7. The van der Waals surface area contributed by atoms with E-state index in [4.69, 9.17) is 11.5 Å². The number of primary amides is 1. The maximum absolute atomic E-state index is 11.1. The van der Waals surface area contributed by atoms with E-state index in [-0.39, 0.29) is 11.4 Å². The van der Waals surface area contributed by atoms with E-state index < -0.39 is 5.91 Å². The van der Waals surface area contributed by atoms with E-state index in [2.05, 4.69) is 16.9 Å². The first-order valence-electron chi connectivity index (χ1n) is 6.54. The van der Waals surface area contributed by atoms with Crippen LogP contribution in [-0.2, 0) is 0 Å². The molecule has 1 aliphatic rings. The summed E-state index contributed by atoms with van der Waals surface area (Å²) in [6.45, 7) is 2.24. The van der Waals surface area contributed by atoms with Crippen molar-refractivity contribution in [1.82, 2.24) is 9.97 Å². The van der Waals surface area contributed by atoms with Crippen molar-refractivity contribution in [2.45, 2.75) is 44.9 Å². The van der Waals surface area contributed by atoms with Crippen LogP contribution in [0.25, 0.3) is 0 Å². The van der Waals surface area contributed by atoms with Crippen LogP contribution in [0, 0.1) is 5.92 Å². The molecule has 0 spiro atoms. The van der Waals surface area contributed by atoms with Crippen molar-refractivity contribution in [3.05, 3.63) is 17.6 Å². The second kappa shape index (κ2) is 5.33. The van der Waals surface area contributed by atoms with Crippen LogP contribution >= 0.6 is 0 Å². The SMILES string of the molecule is CCC1CCC(c2ncc(C(N)=O)c(N)n2)CC1. The third-order valence-corrected chi connectivity index (χ3v) is 3.89. The number of amides is 1. The lowest BCUT2D eigenvalue weighted by Crippen LogP contribution is -2.19. The Balaban J connectivity index is 2.11. The Labute approximate surface area is 107 Å². The molecule has 1 heterocycles. The van der Waals surface area contributed by atoms with Gasteiger partial charge in [0.2, 0.25) is 0 Å². The van der Waals surface area contributed by atoms with Crippen LogP contribution in [0.15, 0.2) is 6.20 Å². The van der Waals surface area contributed by atoms with Gasteiger partial charge in [0.25, 0.3) is 5.91 Å². The van der Waals surface area contributed by atoms with Gasteiger partial charge in [-0.05, 0) is 31.6 Å². The Hall–Kier alpha value is -1.65. The van der Waals surface area contributed by atoms with Crippen LogP contribution in [0.2, 0.25) is 0 Å². The molecule has 1 aliphatic carbocycles. The van der Waals surface area contributed by atoms with Crippen molar-refractivity contribution in [3.8, 4) is 0 Å². The van der Waals surface area contributed by atoms with E-state index in [1.807, 2.05) is 0 Å². The molecule has 0 aromatic carbocycles. The van der Waals surface area contributed by atoms with Gasteiger partial charge < -0.3 is 11.5 Å². The summed E-state index contributed by atoms with van der Waals surface area (Å²) in [7, 11) is 0. The van der Waals surface area contributed by atoms with Gasteiger partial charge in [0.05, 0.1) is 5.56 Å². The maximum Gasteiger partial charge on any atom is 0.254 e. The normalized spacial score (nSPS) is 23.8. The standard InChI is InChI=1S/C13H20N4O/c1-2-8-3-5-9(6-4-8)13-16-7-10(12(15)18)11(14)17-13/h7-9H,2-6H2,1H3,(H2,15,18)(H2,14,16,17). The van der Waals surface area contributed by atoms with Crippen LogP contribution in [0.1, 0.15) is 61.1 Å². The molecule has 0 saturated heterocycles. The molecule has 5 nitrogen and oxygen atoms in total. The predicted octanol–water partition coefficient (Wildman–Crippen LogP) is 1.84. The Morgan fingerprint density at radius 1 is 1.39 bits per heavy atom. The molecule has 1 saturated carbocycles. The first-order chi connectivity index (χ1) is 8.61. The minimum atomic E-state index is -0.575. The van der Waals surface area contributed by atoms with Crippen molar-refractivity contribution in [2.75, 3.05) is 5.73 Å². The predicted molar refractivity (Wildman–Crippen MR) is 70.0 cm³/mol. The molecule has 2 rings (SSSR count). The molecule has 4 N–H and O–H groups in total. The molecule has 1 aromatic heterocycles. The number of carbonyl (C=O) groups excluding carboxylic acids is 1. The molecule has 0 aliphatic heterocycles. The lowest BCUT2D eigenvalue weighted by molar-refractivity contribution is 0.100. The summed E-state index contributed by atoms with van der Waals surface area (Å²) in [5, 5.41) is 0. The lowest BCUT2D eigenvalue weighted by Gasteiger charge is -2.26. The lowest BCUT2D eigenvalue weighted by atomic mass is 9.80. The number of nitrogen functional groups attached to an aromatic ring is 1. The molecule has 18 heavy (non-hydrogen) atoms. The summed E-state index contributed by atoms with van der Waals surface area (Å²) in [6, 6.07) is 0. The second-order valence-electron chi connectivity index (χ2n) is 5.02. The fraction of sp³-hybridized carbons (Fsp3) is 0.615. The zero-order valence-corrected chi connectivity index (χ0v) is 10.7. The molecule has 0 atom stereocenters. The van der Waals surface area contributed by atoms with Gasteiger partial charge >= 0.3 is 0 Å². The highest BCUT2D eigenvalue weighted by molar-refractivity contribution is 5.96. The van der Waals surface area contributed by atoms with E-state index in [1.165, 1.54) is 25.5 Å². The van der Waals surface area contributed by atoms with Gasteiger partial charge in [0, 0.05) is 12.1 Å². The molecule has 98 valence electrons. The molecular formula is C13H20N4O. The van der Waals surface area contributed by atoms with E-state index in [1.54, 1.807) is 0 Å². The number of aromatic nitrogens is 2. The number of anilines is 1. The van der Waals surface area contributed by atoms with Gasteiger partial charge in [-0.2, -0.15) is 0 Å². The van der Waals surface area contributed by atoms with E-state index in [0.29, 0.717) is 5.92 Å². The van der Waals surface area contributed by atoms with Crippen LogP contribution in [0.5, 0.6) is 0 Å². The molecule has 0 bridgehead atoms. The number of hydrogen-bond acceptors (Lipinski definition) is 4. The van der Waals surface area contributed by atoms with E-state index in [9.17, 15) is 4.79 Å². The number of hydrogen-bond donors (Lipinski definition) is 2. The second-order valence-corrected chi connectivity index (χ2v) is 5.02. The molecular weight excluding hydrogens is 228 g/mol. The summed E-state index contributed by atoms with van der Waals surface area (Å²) in [6.07, 6.45) is 7.36. The van der Waals surface area contributed by atoms with Gasteiger partial charge in [-0.1, -0.05) is 13.3 Å². The molecule has 1 aromatic rings. The Morgan fingerprint density at radius 3 is 2.56 bits per heavy atom. The topological polar surface area (TPSA) is 94.9 Å². The number of nitrogens with two attached hydrogens (primary N) is 2. The first-order valence-corrected chi connectivity index (χ1v) is 6.54. The van der Waals surface area contributed by atoms with Gasteiger partial charge in [0.1, 0.15) is 11.6 Å². The fourth-order valence-electron chi connectivity index (χ4n) is 2.62. The summed E-state index contributed by atoms with van der Waals surface area (Å²) in [4.78, 5) is 19.5. The van der Waals surface area contributed by atoms with Crippen molar-refractivity contribution >= 4 is 11.7 Å². The smallest absolute Gasteiger partial charge is 0.254 e. The summed E-state index contributed by atoms with van der Waals surface area (Å²) >= 11 is 0. The molecule has 5 heteroatoms. The average Bonchev–Trinajstić information content (AvgIpc) is 2.38. The Bertz CT molecular complexity index is 439. The third kappa shape index (κ3) is 2.60. The third-order valence-electron chi connectivity index (χ3n) is 3.89. The van der Waals surface area contributed by atoms with Crippen molar-refractivity contribution in [2.24, 2.45) is 11.7 Å². The monoisotopic (exact) mass is 248 g/mol. The van der Waals surface area contributed by atoms with E-state index in [0.717, 1.165) is 24.6 Å². The minimum absolute atomic E-state index is 0.199. The van der Waals surface area contributed by atoms with Crippen LogP contribution in [0.4, 0.5) is 5.82 Å². The van der Waals surface area contributed by atoms with Crippen molar-refractivity contribution < 1.29 is 4.79 Å². The molecule has 1 amide bonds. The largest absolute Gasteiger partial charge is 0.383 e. The number of rotatable bonds is 3. The van der Waals surface area contributed by atoms with Crippen molar-refractivity contribution in [1.29, 1.82) is 0 Å². The fourth-order valence-corrected chi connectivity index (χ4v) is 2.62. The van der Waals surface area contributed by atoms with Gasteiger partial charge in [-0.25, -0.2) is 9.97 Å². The minimum Gasteiger partial charge on any atom is -0.383 e. The highest BCUT2D eigenvalue weighted by Crippen LogP contribution is 2.35. The summed E-state index contributed by atoms with van der Waals surface area (Å²) < 4.78 is 0. The Kier molecular flexibility index (Phi) is 3.79. The van der Waals surface area contributed by atoms with Crippen LogP contribution < -0.4 is 11.5 Å². The van der Waals surface area contributed by atoms with Crippen LogP contribution in [0.3, 0.4) is 0 Å². The Morgan fingerprint density at radius 2 is 2.06 bits per heavy atom. The zero-order chi connectivity index (χ0) is 13.1. The number of nitrogens with zero attached hydrogens (tertiary/aromatic N) is 2. The highest BCUT2D eigenvalue weighted by atomic mass is 16.1. The molecule has 1 fully saturated rings. The maximum atomic E-state index is 11.1. The van der Waals surface area contributed by atoms with Crippen molar-refractivity contribution in [3.63, 3.8) is 0 Å². The quantitative estimate of drug-likeness (QED) is 0.853. The number of carbonyl (C=O) groups is 1. The average molecular weight is 248 g/mol. The highest BCUT2D eigenvalue weighted by Gasteiger charge is 2.24.